The Balaban J connectivity index is 2.30. The molecule has 2 rings (SSSR count). The van der Waals surface area contributed by atoms with E-state index in [-0.39, 0.29) is 5.82 Å². The number of anilines is 1. The highest BCUT2D eigenvalue weighted by Gasteiger charge is 2.13. The Morgan fingerprint density at radius 3 is 2.87 bits per heavy atom. The number of nitrogens with two attached hydrogens (primary N) is 1. The number of hydrogen-bond donors (Lipinski definition) is 1. The van der Waals surface area contributed by atoms with E-state index in [9.17, 15) is 4.39 Å². The van der Waals surface area contributed by atoms with Crippen LogP contribution in [0, 0.1) is 5.95 Å². The number of halogens is 1. The molecule has 0 spiro atoms. The maximum atomic E-state index is 13.5. The van der Waals surface area contributed by atoms with E-state index in [0.717, 1.165) is 25.1 Å². The zero-order valence-electron chi connectivity index (χ0n) is 8.70. The van der Waals surface area contributed by atoms with E-state index in [2.05, 4.69) is 9.88 Å². The first-order valence-electron chi connectivity index (χ1n) is 4.97. The van der Waals surface area contributed by atoms with Crippen LogP contribution in [0.25, 0.3) is 5.57 Å². The highest BCUT2D eigenvalue weighted by Crippen LogP contribution is 2.23. The van der Waals surface area contributed by atoms with E-state index in [0.29, 0.717) is 5.56 Å². The Bertz CT molecular complexity index is 401. The fourth-order valence-corrected chi connectivity index (χ4v) is 1.70. The van der Waals surface area contributed by atoms with Gasteiger partial charge in [0.15, 0.2) is 0 Å². The second-order valence-corrected chi connectivity index (χ2v) is 3.82. The summed E-state index contributed by atoms with van der Waals surface area (Å²) >= 11 is 0. The monoisotopic (exact) mass is 207 g/mol. The van der Waals surface area contributed by atoms with E-state index < -0.39 is 5.95 Å². The summed E-state index contributed by atoms with van der Waals surface area (Å²) in [5.41, 5.74) is 7.01. The van der Waals surface area contributed by atoms with Gasteiger partial charge in [-0.15, -0.1) is 0 Å². The fourth-order valence-electron chi connectivity index (χ4n) is 1.70. The predicted octanol–water partition coefficient (Wildman–Crippen LogP) is 1.52. The van der Waals surface area contributed by atoms with E-state index in [4.69, 9.17) is 5.73 Å². The van der Waals surface area contributed by atoms with Gasteiger partial charge in [-0.05, 0) is 31.2 Å². The molecule has 1 aliphatic heterocycles. The smallest absolute Gasteiger partial charge is 0.222 e. The van der Waals surface area contributed by atoms with Gasteiger partial charge < -0.3 is 10.6 Å². The molecule has 0 radical (unpaired) electrons. The molecule has 4 heteroatoms. The zero-order valence-corrected chi connectivity index (χ0v) is 8.70. The van der Waals surface area contributed by atoms with Crippen LogP contribution >= 0.6 is 0 Å². The Morgan fingerprint density at radius 1 is 1.47 bits per heavy atom. The van der Waals surface area contributed by atoms with Gasteiger partial charge in [0.2, 0.25) is 5.95 Å². The van der Waals surface area contributed by atoms with Crippen molar-refractivity contribution in [2.45, 2.75) is 6.42 Å². The molecule has 3 nitrogen and oxygen atoms in total. The third kappa shape index (κ3) is 2.15. The summed E-state index contributed by atoms with van der Waals surface area (Å²) in [4.78, 5) is 5.81. The number of likely N-dealkylation sites (N-methyl/N-ethyl adjacent to an activating group) is 1. The SMILES string of the molecule is CN1CC=C(c2ccc(N)nc2F)CC1. The van der Waals surface area contributed by atoms with Gasteiger partial charge >= 0.3 is 0 Å². The average molecular weight is 207 g/mol. The van der Waals surface area contributed by atoms with Gasteiger partial charge in [-0.3, -0.25) is 0 Å². The highest BCUT2D eigenvalue weighted by molar-refractivity contribution is 5.67. The molecule has 1 aromatic heterocycles. The summed E-state index contributed by atoms with van der Waals surface area (Å²) in [5, 5.41) is 0. The van der Waals surface area contributed by atoms with Crippen LogP contribution in [0.5, 0.6) is 0 Å². The summed E-state index contributed by atoms with van der Waals surface area (Å²) in [6.45, 7) is 1.81. The molecule has 0 aliphatic carbocycles. The number of aromatic nitrogens is 1. The molecule has 15 heavy (non-hydrogen) atoms. The molecule has 2 heterocycles. The van der Waals surface area contributed by atoms with E-state index in [1.54, 1.807) is 12.1 Å². The lowest BCUT2D eigenvalue weighted by atomic mass is 10.0. The molecule has 80 valence electrons. The summed E-state index contributed by atoms with van der Waals surface area (Å²) in [6, 6.07) is 3.34. The van der Waals surface area contributed by atoms with Gasteiger partial charge in [0.05, 0.1) is 0 Å². The predicted molar refractivity (Wildman–Crippen MR) is 58.7 cm³/mol. The molecular weight excluding hydrogens is 193 g/mol. The lowest BCUT2D eigenvalue weighted by molar-refractivity contribution is 0.369. The summed E-state index contributed by atoms with van der Waals surface area (Å²) in [6.07, 6.45) is 2.90. The standard InChI is InChI=1S/C11H14FN3/c1-15-6-4-8(5-7-15)9-2-3-10(13)14-11(9)12/h2-4H,5-7H2,1H3,(H2,13,14). The van der Waals surface area contributed by atoms with Gasteiger partial charge in [-0.25, -0.2) is 4.98 Å². The topological polar surface area (TPSA) is 42.1 Å². The molecule has 0 bridgehead atoms. The van der Waals surface area contributed by atoms with E-state index in [1.165, 1.54) is 0 Å². The largest absolute Gasteiger partial charge is 0.384 e. The van der Waals surface area contributed by atoms with Gasteiger partial charge in [0.25, 0.3) is 0 Å². The first kappa shape index (κ1) is 10.1. The lowest BCUT2D eigenvalue weighted by Gasteiger charge is -2.22. The Morgan fingerprint density at radius 2 is 2.27 bits per heavy atom. The number of rotatable bonds is 1. The average Bonchev–Trinajstić information content (AvgIpc) is 2.20. The molecule has 0 fully saturated rings. The van der Waals surface area contributed by atoms with Crippen molar-refractivity contribution < 1.29 is 4.39 Å². The number of nitrogen functional groups attached to an aromatic ring is 1. The Kier molecular flexibility index (Phi) is 2.68. The Hall–Kier alpha value is -1.42. The quantitative estimate of drug-likeness (QED) is 0.710. The first-order valence-corrected chi connectivity index (χ1v) is 4.97. The second-order valence-electron chi connectivity index (χ2n) is 3.82. The van der Waals surface area contributed by atoms with Crippen LogP contribution in [0.3, 0.4) is 0 Å². The van der Waals surface area contributed by atoms with Crippen molar-refractivity contribution in [3.8, 4) is 0 Å². The van der Waals surface area contributed by atoms with Gasteiger partial charge in [-0.2, -0.15) is 4.39 Å². The molecular formula is C11H14FN3. The van der Waals surface area contributed by atoms with Crippen molar-refractivity contribution in [1.82, 2.24) is 9.88 Å². The molecule has 0 saturated carbocycles. The minimum absolute atomic E-state index is 0.227. The van der Waals surface area contributed by atoms with Crippen molar-refractivity contribution in [3.05, 3.63) is 29.7 Å². The maximum absolute atomic E-state index is 13.5. The van der Waals surface area contributed by atoms with Crippen molar-refractivity contribution >= 4 is 11.4 Å². The van der Waals surface area contributed by atoms with Crippen LogP contribution in [0.15, 0.2) is 18.2 Å². The lowest BCUT2D eigenvalue weighted by Crippen LogP contribution is -2.24. The summed E-state index contributed by atoms with van der Waals surface area (Å²) in [7, 11) is 2.05. The normalized spacial score (nSPS) is 17.6. The summed E-state index contributed by atoms with van der Waals surface area (Å²) < 4.78 is 13.5. The van der Waals surface area contributed by atoms with Gasteiger partial charge in [0, 0.05) is 18.7 Å². The number of hydrogen-bond acceptors (Lipinski definition) is 3. The minimum Gasteiger partial charge on any atom is -0.384 e. The second kappa shape index (κ2) is 3.98. The summed E-state index contributed by atoms with van der Waals surface area (Å²) in [5.74, 6) is -0.240. The zero-order chi connectivity index (χ0) is 10.8. The minimum atomic E-state index is -0.467. The highest BCUT2D eigenvalue weighted by atomic mass is 19.1. The van der Waals surface area contributed by atoms with Crippen LogP contribution in [-0.2, 0) is 0 Å². The third-order valence-electron chi connectivity index (χ3n) is 2.63. The van der Waals surface area contributed by atoms with Crippen LogP contribution in [0.2, 0.25) is 0 Å². The van der Waals surface area contributed by atoms with Crippen molar-refractivity contribution in [3.63, 3.8) is 0 Å². The van der Waals surface area contributed by atoms with E-state index in [1.807, 2.05) is 13.1 Å². The number of nitrogens with zero attached hydrogens (tertiary/aromatic N) is 2. The van der Waals surface area contributed by atoms with Crippen LogP contribution in [0.1, 0.15) is 12.0 Å². The fraction of sp³-hybridized carbons (Fsp3) is 0.364. The van der Waals surface area contributed by atoms with Crippen LogP contribution < -0.4 is 5.73 Å². The van der Waals surface area contributed by atoms with Crippen LogP contribution in [0.4, 0.5) is 10.2 Å². The van der Waals surface area contributed by atoms with Gasteiger partial charge in [-0.1, -0.05) is 6.08 Å². The Labute approximate surface area is 88.4 Å². The third-order valence-corrected chi connectivity index (χ3v) is 2.63. The first-order chi connectivity index (χ1) is 7.16. The molecule has 1 aliphatic rings. The van der Waals surface area contributed by atoms with Gasteiger partial charge in [0.1, 0.15) is 5.82 Å². The van der Waals surface area contributed by atoms with Crippen molar-refractivity contribution in [2.75, 3.05) is 25.9 Å². The van der Waals surface area contributed by atoms with Crippen LogP contribution in [-0.4, -0.2) is 30.0 Å². The van der Waals surface area contributed by atoms with Crippen molar-refractivity contribution in [1.29, 1.82) is 0 Å². The number of pyridine rings is 1. The molecule has 0 unspecified atom stereocenters. The molecule has 1 aromatic rings. The molecule has 0 aromatic carbocycles. The molecule has 0 amide bonds. The van der Waals surface area contributed by atoms with E-state index >= 15 is 0 Å². The maximum Gasteiger partial charge on any atom is 0.222 e. The van der Waals surface area contributed by atoms with Crippen molar-refractivity contribution in [2.24, 2.45) is 0 Å². The molecule has 0 atom stereocenters. The molecule has 2 N–H and O–H groups in total. The molecule has 0 saturated heterocycles.